The fraction of sp³-hybridized carbons (Fsp3) is 0.900. The minimum absolute atomic E-state index is 0.00463. The largest absolute Gasteiger partial charge is 0.391 e. The molecule has 4 heteroatoms. The SMILES string of the molecule is NC(=O)N1CCCC2CCCC(O)C21. The van der Waals surface area contributed by atoms with Crippen LogP contribution in [0.1, 0.15) is 32.1 Å². The third-order valence-electron chi connectivity index (χ3n) is 3.57. The molecule has 2 aliphatic rings. The molecule has 1 saturated carbocycles. The van der Waals surface area contributed by atoms with Crippen molar-refractivity contribution in [3.63, 3.8) is 0 Å². The number of likely N-dealkylation sites (tertiary alicyclic amines) is 1. The van der Waals surface area contributed by atoms with Crippen LogP contribution in [0.15, 0.2) is 0 Å². The third-order valence-corrected chi connectivity index (χ3v) is 3.57. The van der Waals surface area contributed by atoms with Crippen molar-refractivity contribution >= 4 is 6.03 Å². The molecule has 0 aromatic rings. The number of aliphatic hydroxyl groups is 1. The van der Waals surface area contributed by atoms with Gasteiger partial charge in [0.1, 0.15) is 0 Å². The molecule has 14 heavy (non-hydrogen) atoms. The van der Waals surface area contributed by atoms with Gasteiger partial charge < -0.3 is 15.7 Å². The lowest BCUT2D eigenvalue weighted by molar-refractivity contribution is -0.0148. The van der Waals surface area contributed by atoms with Crippen molar-refractivity contribution < 1.29 is 9.90 Å². The number of aliphatic hydroxyl groups excluding tert-OH is 1. The number of fused-ring (bicyclic) bond motifs is 1. The predicted octanol–water partition coefficient (Wildman–Crippen LogP) is 0.690. The molecule has 2 rings (SSSR count). The van der Waals surface area contributed by atoms with Gasteiger partial charge in [0.2, 0.25) is 0 Å². The molecule has 1 aliphatic carbocycles. The van der Waals surface area contributed by atoms with Gasteiger partial charge in [-0.2, -0.15) is 0 Å². The van der Waals surface area contributed by atoms with Gasteiger partial charge in [-0.25, -0.2) is 4.79 Å². The van der Waals surface area contributed by atoms with Crippen molar-refractivity contribution in [1.82, 2.24) is 4.90 Å². The van der Waals surface area contributed by atoms with Gasteiger partial charge in [0.05, 0.1) is 12.1 Å². The number of carbonyl (C=O) groups is 1. The molecular weight excluding hydrogens is 180 g/mol. The van der Waals surface area contributed by atoms with Crippen LogP contribution in [0.5, 0.6) is 0 Å². The van der Waals surface area contributed by atoms with Gasteiger partial charge >= 0.3 is 6.03 Å². The first-order valence-electron chi connectivity index (χ1n) is 5.44. The Kier molecular flexibility index (Phi) is 2.63. The van der Waals surface area contributed by atoms with Gasteiger partial charge in [-0.05, 0) is 31.6 Å². The second kappa shape index (κ2) is 3.77. The van der Waals surface area contributed by atoms with Crippen molar-refractivity contribution in [3.05, 3.63) is 0 Å². The van der Waals surface area contributed by atoms with E-state index in [0.717, 1.165) is 32.1 Å². The zero-order valence-corrected chi connectivity index (χ0v) is 8.35. The van der Waals surface area contributed by atoms with E-state index in [1.807, 2.05) is 0 Å². The zero-order valence-electron chi connectivity index (χ0n) is 8.35. The highest BCUT2D eigenvalue weighted by atomic mass is 16.3. The van der Waals surface area contributed by atoms with Gasteiger partial charge in [0, 0.05) is 6.54 Å². The topological polar surface area (TPSA) is 66.6 Å². The van der Waals surface area contributed by atoms with E-state index in [1.165, 1.54) is 0 Å². The van der Waals surface area contributed by atoms with Crippen LogP contribution in [0.4, 0.5) is 4.79 Å². The predicted molar refractivity (Wildman–Crippen MR) is 52.7 cm³/mol. The summed E-state index contributed by atoms with van der Waals surface area (Å²) in [4.78, 5) is 12.9. The number of rotatable bonds is 0. The van der Waals surface area contributed by atoms with E-state index in [-0.39, 0.29) is 18.2 Å². The highest BCUT2D eigenvalue weighted by molar-refractivity contribution is 5.72. The molecule has 0 bridgehead atoms. The van der Waals surface area contributed by atoms with Gasteiger partial charge in [-0.3, -0.25) is 0 Å². The van der Waals surface area contributed by atoms with E-state index in [4.69, 9.17) is 5.73 Å². The van der Waals surface area contributed by atoms with Gasteiger partial charge in [0.15, 0.2) is 0 Å². The number of nitrogens with zero attached hydrogens (tertiary/aromatic N) is 1. The average Bonchev–Trinajstić information content (AvgIpc) is 2.17. The summed E-state index contributed by atoms with van der Waals surface area (Å²) in [6, 6.07) is -0.379. The van der Waals surface area contributed by atoms with E-state index in [1.54, 1.807) is 4.90 Å². The van der Waals surface area contributed by atoms with Crippen molar-refractivity contribution in [1.29, 1.82) is 0 Å². The Bertz CT molecular complexity index is 230. The molecule has 1 aliphatic heterocycles. The summed E-state index contributed by atoms with van der Waals surface area (Å²) in [5.41, 5.74) is 5.31. The van der Waals surface area contributed by atoms with Gasteiger partial charge in [-0.1, -0.05) is 6.42 Å². The summed E-state index contributed by atoms with van der Waals surface area (Å²) in [6.07, 6.45) is 4.81. The second-order valence-electron chi connectivity index (χ2n) is 4.42. The Balaban J connectivity index is 2.14. The highest BCUT2D eigenvalue weighted by Crippen LogP contribution is 2.35. The van der Waals surface area contributed by atoms with E-state index in [9.17, 15) is 9.90 Å². The summed E-state index contributed by atoms with van der Waals surface area (Å²) in [6.45, 7) is 0.716. The zero-order chi connectivity index (χ0) is 10.1. The maximum absolute atomic E-state index is 11.2. The standard InChI is InChI=1S/C10H18N2O2/c11-10(14)12-6-2-4-7-3-1-5-8(13)9(7)12/h7-9,13H,1-6H2,(H2,11,14). The fourth-order valence-corrected chi connectivity index (χ4v) is 2.95. The Morgan fingerprint density at radius 1 is 1.29 bits per heavy atom. The summed E-state index contributed by atoms with van der Waals surface area (Å²) < 4.78 is 0. The maximum Gasteiger partial charge on any atom is 0.315 e. The first kappa shape index (κ1) is 9.77. The minimum Gasteiger partial charge on any atom is -0.391 e. The quantitative estimate of drug-likeness (QED) is 0.601. The number of carbonyl (C=O) groups excluding carboxylic acids is 1. The van der Waals surface area contributed by atoms with E-state index >= 15 is 0 Å². The number of hydrogen-bond donors (Lipinski definition) is 2. The second-order valence-corrected chi connectivity index (χ2v) is 4.42. The van der Waals surface area contributed by atoms with Crippen LogP contribution in [-0.2, 0) is 0 Å². The van der Waals surface area contributed by atoms with Crippen molar-refractivity contribution in [2.24, 2.45) is 11.7 Å². The van der Waals surface area contributed by atoms with Gasteiger partial charge in [0.25, 0.3) is 0 Å². The summed E-state index contributed by atoms with van der Waals surface area (Å²) in [7, 11) is 0. The molecule has 3 atom stereocenters. The molecule has 0 radical (unpaired) electrons. The number of urea groups is 1. The fourth-order valence-electron chi connectivity index (χ4n) is 2.95. The number of piperidine rings is 1. The molecule has 0 aromatic carbocycles. The van der Waals surface area contributed by atoms with Crippen LogP contribution >= 0.6 is 0 Å². The summed E-state index contributed by atoms with van der Waals surface area (Å²) in [5, 5.41) is 9.87. The molecule has 3 unspecified atom stereocenters. The number of hydrogen-bond acceptors (Lipinski definition) is 2. The molecular formula is C10H18N2O2. The number of nitrogens with two attached hydrogens (primary N) is 1. The Hall–Kier alpha value is -0.770. The van der Waals surface area contributed by atoms with Crippen molar-refractivity contribution in [2.75, 3.05) is 6.54 Å². The maximum atomic E-state index is 11.2. The molecule has 4 nitrogen and oxygen atoms in total. The van der Waals surface area contributed by atoms with Crippen LogP contribution in [0.25, 0.3) is 0 Å². The first-order chi connectivity index (χ1) is 6.70. The third kappa shape index (κ3) is 1.59. The molecule has 0 aromatic heterocycles. The monoisotopic (exact) mass is 198 g/mol. The Morgan fingerprint density at radius 3 is 2.71 bits per heavy atom. The molecule has 0 spiro atoms. The lowest BCUT2D eigenvalue weighted by Gasteiger charge is -2.45. The molecule has 80 valence electrons. The lowest BCUT2D eigenvalue weighted by atomic mass is 9.77. The normalized spacial score (nSPS) is 37.8. The van der Waals surface area contributed by atoms with Crippen LogP contribution in [0.3, 0.4) is 0 Å². The smallest absolute Gasteiger partial charge is 0.315 e. The molecule has 1 saturated heterocycles. The van der Waals surface area contributed by atoms with Crippen LogP contribution in [-0.4, -0.2) is 34.7 Å². The number of amides is 2. The molecule has 1 heterocycles. The summed E-state index contributed by atoms with van der Waals surface area (Å²) in [5.74, 6) is 0.472. The number of primary amides is 1. The average molecular weight is 198 g/mol. The van der Waals surface area contributed by atoms with Gasteiger partial charge in [-0.15, -0.1) is 0 Å². The molecule has 3 N–H and O–H groups in total. The molecule has 2 fully saturated rings. The highest BCUT2D eigenvalue weighted by Gasteiger charge is 2.40. The first-order valence-corrected chi connectivity index (χ1v) is 5.44. The Morgan fingerprint density at radius 2 is 2.00 bits per heavy atom. The van der Waals surface area contributed by atoms with E-state index in [0.29, 0.717) is 12.5 Å². The van der Waals surface area contributed by atoms with E-state index in [2.05, 4.69) is 0 Å². The van der Waals surface area contributed by atoms with Crippen molar-refractivity contribution in [2.45, 2.75) is 44.2 Å². The Labute approximate surface area is 84.1 Å². The van der Waals surface area contributed by atoms with Crippen LogP contribution < -0.4 is 5.73 Å². The lowest BCUT2D eigenvalue weighted by Crippen LogP contribution is -2.57. The molecule has 2 amide bonds. The van der Waals surface area contributed by atoms with E-state index < -0.39 is 0 Å². The van der Waals surface area contributed by atoms with Crippen molar-refractivity contribution in [3.8, 4) is 0 Å². The minimum atomic E-state index is -0.374. The summed E-state index contributed by atoms with van der Waals surface area (Å²) >= 11 is 0. The van der Waals surface area contributed by atoms with Crippen LogP contribution in [0.2, 0.25) is 0 Å². The van der Waals surface area contributed by atoms with Crippen LogP contribution in [0, 0.1) is 5.92 Å².